The maximum absolute atomic E-state index is 13.2. The van der Waals surface area contributed by atoms with Crippen LogP contribution in [0.5, 0.6) is 5.75 Å². The first kappa shape index (κ1) is 25.2. The molecular weight excluding hydrogens is 478 g/mol. The monoisotopic (exact) mass is 507 g/mol. The lowest BCUT2D eigenvalue weighted by molar-refractivity contribution is -0.117. The van der Waals surface area contributed by atoms with Gasteiger partial charge in [0.05, 0.1) is 29.4 Å². The summed E-state index contributed by atoms with van der Waals surface area (Å²) < 4.78 is 34.6. The smallest absolute Gasteiger partial charge is 0.262 e. The largest absolute Gasteiger partial charge is 0.490 e. The summed E-state index contributed by atoms with van der Waals surface area (Å²) in [5.74, 6) is -0.122. The van der Waals surface area contributed by atoms with Gasteiger partial charge in [-0.2, -0.15) is 0 Å². The molecule has 0 atom stereocenters. The second kappa shape index (κ2) is 10.0. The van der Waals surface area contributed by atoms with E-state index in [1.807, 2.05) is 31.2 Å². The van der Waals surface area contributed by atoms with Gasteiger partial charge in [-0.3, -0.25) is 14.3 Å². The van der Waals surface area contributed by atoms with Crippen molar-refractivity contribution in [3.8, 4) is 5.75 Å². The van der Waals surface area contributed by atoms with Crippen molar-refractivity contribution < 1.29 is 22.7 Å². The lowest BCUT2D eigenvalue weighted by Gasteiger charge is -2.29. The van der Waals surface area contributed by atoms with E-state index in [1.54, 1.807) is 49.9 Å². The van der Waals surface area contributed by atoms with E-state index in [9.17, 15) is 18.0 Å². The van der Waals surface area contributed by atoms with Crippen LogP contribution in [0.1, 0.15) is 32.6 Å². The molecule has 0 aliphatic carbocycles. The van der Waals surface area contributed by atoms with Gasteiger partial charge in [0.25, 0.3) is 15.9 Å². The fourth-order valence-corrected chi connectivity index (χ4v) is 6.02. The molecule has 0 radical (unpaired) electrons. The summed E-state index contributed by atoms with van der Waals surface area (Å²) >= 11 is 0. The quantitative estimate of drug-likeness (QED) is 0.527. The summed E-state index contributed by atoms with van der Waals surface area (Å²) in [5, 5.41) is 2.64. The van der Waals surface area contributed by atoms with Crippen LogP contribution < -0.4 is 19.7 Å². The molecule has 9 heteroatoms. The number of carbonyl (C=O) groups excluding carboxylic acids is 2. The second-order valence-corrected chi connectivity index (χ2v) is 10.5. The highest BCUT2D eigenvalue weighted by molar-refractivity contribution is 7.92. The molecule has 0 unspecified atom stereocenters. The summed E-state index contributed by atoms with van der Waals surface area (Å²) in [6, 6.07) is 15.6. The molecule has 3 aromatic rings. The summed E-state index contributed by atoms with van der Waals surface area (Å²) in [6.45, 7) is 7.75. The summed E-state index contributed by atoms with van der Waals surface area (Å²) in [6.07, 6.45) is 0. The Morgan fingerprint density at radius 1 is 0.944 bits per heavy atom. The summed E-state index contributed by atoms with van der Waals surface area (Å²) in [4.78, 5) is 27.5. The highest BCUT2D eigenvalue weighted by Crippen LogP contribution is 2.31. The Bertz CT molecular complexity index is 1430. The number of fused-ring (bicyclic) bond motifs is 1. The van der Waals surface area contributed by atoms with E-state index >= 15 is 0 Å². The standard InChI is InChI=1S/C27H29N3O5S/c1-17-13-19(3)26(20(4)14-17)36(33,34)29-22-15-21(10-9-18(22)2)27(32)28-16-25(31)30-11-12-35-24-8-6-5-7-23(24)30/h5-10,13-15,29H,11-12,16H2,1-4H3,(H,28,32). The number of aryl methyl sites for hydroxylation is 4. The zero-order valence-electron chi connectivity index (χ0n) is 20.7. The van der Waals surface area contributed by atoms with Gasteiger partial charge in [-0.1, -0.05) is 35.9 Å². The van der Waals surface area contributed by atoms with Crippen molar-refractivity contribution in [2.75, 3.05) is 29.3 Å². The van der Waals surface area contributed by atoms with E-state index in [-0.39, 0.29) is 22.9 Å². The topological polar surface area (TPSA) is 105 Å². The van der Waals surface area contributed by atoms with Crippen molar-refractivity contribution in [2.24, 2.45) is 0 Å². The number of nitrogens with zero attached hydrogens (tertiary/aromatic N) is 1. The van der Waals surface area contributed by atoms with Gasteiger partial charge in [0.2, 0.25) is 5.91 Å². The van der Waals surface area contributed by atoms with E-state index in [2.05, 4.69) is 10.0 Å². The van der Waals surface area contributed by atoms with Crippen LogP contribution in [0, 0.1) is 27.7 Å². The molecule has 8 nitrogen and oxygen atoms in total. The maximum atomic E-state index is 13.2. The van der Waals surface area contributed by atoms with E-state index in [4.69, 9.17) is 4.74 Å². The van der Waals surface area contributed by atoms with Crippen molar-refractivity contribution in [1.29, 1.82) is 0 Å². The van der Waals surface area contributed by atoms with E-state index in [0.717, 1.165) is 5.56 Å². The molecule has 0 spiro atoms. The van der Waals surface area contributed by atoms with Crippen LogP contribution in [0.4, 0.5) is 11.4 Å². The fourth-order valence-electron chi connectivity index (χ4n) is 4.44. The van der Waals surface area contributed by atoms with Crippen molar-refractivity contribution >= 4 is 33.2 Å². The number of hydrogen-bond acceptors (Lipinski definition) is 5. The molecule has 0 aromatic heterocycles. The lowest BCUT2D eigenvalue weighted by atomic mass is 10.1. The van der Waals surface area contributed by atoms with E-state index in [0.29, 0.717) is 47.0 Å². The zero-order chi connectivity index (χ0) is 26.0. The van der Waals surface area contributed by atoms with E-state index < -0.39 is 15.9 Å². The molecule has 0 saturated heterocycles. The Labute approximate surface area is 211 Å². The maximum Gasteiger partial charge on any atom is 0.262 e. The molecule has 36 heavy (non-hydrogen) atoms. The summed E-state index contributed by atoms with van der Waals surface area (Å²) in [5.41, 5.74) is 4.15. The van der Waals surface area contributed by atoms with Gasteiger partial charge in [0.15, 0.2) is 0 Å². The van der Waals surface area contributed by atoms with Crippen molar-refractivity contribution in [3.63, 3.8) is 0 Å². The van der Waals surface area contributed by atoms with Crippen molar-refractivity contribution in [1.82, 2.24) is 5.32 Å². The molecule has 1 heterocycles. The van der Waals surface area contributed by atoms with Crippen LogP contribution in [0.2, 0.25) is 0 Å². The SMILES string of the molecule is Cc1cc(C)c(S(=O)(=O)Nc2cc(C(=O)NCC(=O)N3CCOc4ccccc43)ccc2C)c(C)c1. The number of ether oxygens (including phenoxy) is 1. The molecule has 3 aromatic carbocycles. The third-order valence-corrected chi connectivity index (χ3v) is 7.72. The number of carbonyl (C=O) groups is 2. The second-order valence-electron chi connectivity index (χ2n) is 8.91. The number of sulfonamides is 1. The minimum atomic E-state index is -3.88. The van der Waals surface area contributed by atoms with Gasteiger partial charge in [-0.25, -0.2) is 8.42 Å². The molecule has 0 fully saturated rings. The Morgan fingerprint density at radius 2 is 1.64 bits per heavy atom. The zero-order valence-corrected chi connectivity index (χ0v) is 21.5. The van der Waals surface area contributed by atoms with Gasteiger partial charge in [-0.05, 0) is 68.7 Å². The first-order valence-corrected chi connectivity index (χ1v) is 13.1. The van der Waals surface area contributed by atoms with Gasteiger partial charge in [0, 0.05) is 5.56 Å². The average molecular weight is 508 g/mol. The van der Waals surface area contributed by atoms with Crippen LogP contribution in [0.25, 0.3) is 0 Å². The Balaban J connectivity index is 1.49. The van der Waals surface area contributed by atoms with Crippen LogP contribution >= 0.6 is 0 Å². The predicted molar refractivity (Wildman–Crippen MR) is 139 cm³/mol. The molecule has 2 N–H and O–H groups in total. The molecule has 0 saturated carbocycles. The fraction of sp³-hybridized carbons (Fsp3) is 0.259. The average Bonchev–Trinajstić information content (AvgIpc) is 2.82. The van der Waals surface area contributed by atoms with Crippen LogP contribution in [-0.2, 0) is 14.8 Å². The first-order chi connectivity index (χ1) is 17.1. The first-order valence-electron chi connectivity index (χ1n) is 11.6. The van der Waals surface area contributed by atoms with Gasteiger partial charge >= 0.3 is 0 Å². The van der Waals surface area contributed by atoms with Crippen LogP contribution in [0.15, 0.2) is 59.5 Å². The Kier molecular flexibility index (Phi) is 7.03. The Hall–Kier alpha value is -3.85. The highest BCUT2D eigenvalue weighted by atomic mass is 32.2. The molecular formula is C27H29N3O5S. The molecule has 0 bridgehead atoms. The highest BCUT2D eigenvalue weighted by Gasteiger charge is 2.24. The number of rotatable bonds is 6. The molecule has 1 aliphatic heterocycles. The minimum absolute atomic E-state index is 0.205. The number of para-hydroxylation sites is 2. The van der Waals surface area contributed by atoms with Crippen LogP contribution in [0.3, 0.4) is 0 Å². The lowest BCUT2D eigenvalue weighted by Crippen LogP contribution is -2.44. The predicted octanol–water partition coefficient (Wildman–Crippen LogP) is 3.88. The van der Waals surface area contributed by atoms with Gasteiger partial charge in [-0.15, -0.1) is 0 Å². The molecule has 4 rings (SSSR count). The van der Waals surface area contributed by atoms with Crippen molar-refractivity contribution in [2.45, 2.75) is 32.6 Å². The van der Waals surface area contributed by atoms with Crippen molar-refractivity contribution in [3.05, 3.63) is 82.4 Å². The summed E-state index contributed by atoms with van der Waals surface area (Å²) in [7, 11) is -3.88. The molecule has 2 amide bonds. The Morgan fingerprint density at radius 3 is 2.36 bits per heavy atom. The number of anilines is 2. The normalized spacial score (nSPS) is 12.9. The molecule has 1 aliphatic rings. The van der Waals surface area contributed by atoms with Gasteiger partial charge in [0.1, 0.15) is 12.4 Å². The number of amides is 2. The third kappa shape index (κ3) is 5.21. The third-order valence-electron chi connectivity index (χ3n) is 6.05. The van der Waals surface area contributed by atoms with E-state index in [1.165, 1.54) is 6.07 Å². The number of hydrogen-bond donors (Lipinski definition) is 2. The minimum Gasteiger partial charge on any atom is -0.490 e. The number of benzene rings is 3. The van der Waals surface area contributed by atoms with Crippen LogP contribution in [-0.4, -0.2) is 39.9 Å². The van der Waals surface area contributed by atoms with Gasteiger partial charge < -0.3 is 15.0 Å². The number of nitrogens with one attached hydrogen (secondary N) is 2. The molecule has 188 valence electrons.